The first-order valence-electron chi connectivity index (χ1n) is 37.4. The smallest absolute Gasteiger partial charge is 0.462 e. The Balaban J connectivity index is 3.87. The van der Waals surface area contributed by atoms with Crippen LogP contribution in [0.2, 0.25) is 0 Å². The van der Waals surface area contributed by atoms with Crippen LogP contribution in [0.3, 0.4) is 0 Å². The van der Waals surface area contributed by atoms with E-state index in [4.69, 9.17) is 24.3 Å². The van der Waals surface area contributed by atoms with Gasteiger partial charge in [-0.05, 0) is 103 Å². The number of carbonyl (C=O) groups is 2. The standard InChI is InChI=1S/C79H140NO8P/c1-3-5-7-9-11-13-15-17-19-21-23-25-27-29-31-33-35-37-38-40-42-44-46-48-50-52-54-56-58-60-62-64-66-68-70-72-79(82)88-77(76-87-89(83,84)86-74-73-80)75-85-78(81)71-69-67-65-63-61-59-57-55-53-51-49-47-45-43-41-39-36-34-32-30-28-26-24-22-20-18-16-14-12-10-8-6-4-2/h5,7,11,13,17,19,22-25,29,31,35,37,40,42,46,48,77H,3-4,6,8-10,12,14-16,18,20-21,26-28,30,32-34,36,38-39,41,43-45,47,49-76,80H2,1-2H3,(H,83,84)/b7-5-,13-11-,19-17-,24-22-,25-23-,31-29-,37-35-,42-40-,48-46-. The van der Waals surface area contributed by atoms with Crippen molar-refractivity contribution in [3.63, 3.8) is 0 Å². The maximum atomic E-state index is 12.8. The third-order valence-electron chi connectivity index (χ3n) is 16.1. The molecule has 0 aliphatic heterocycles. The third kappa shape index (κ3) is 73.6. The Morgan fingerprint density at radius 1 is 0.348 bits per heavy atom. The van der Waals surface area contributed by atoms with Crippen LogP contribution in [0, 0.1) is 0 Å². The number of phosphoric ester groups is 1. The lowest BCUT2D eigenvalue weighted by Crippen LogP contribution is -2.29. The van der Waals surface area contributed by atoms with Crippen LogP contribution in [0.1, 0.15) is 348 Å². The minimum absolute atomic E-state index is 0.0497. The molecule has 0 rings (SSSR count). The van der Waals surface area contributed by atoms with Gasteiger partial charge in [0.1, 0.15) is 6.61 Å². The van der Waals surface area contributed by atoms with Gasteiger partial charge in [0.15, 0.2) is 6.10 Å². The highest BCUT2D eigenvalue weighted by molar-refractivity contribution is 7.47. The van der Waals surface area contributed by atoms with E-state index in [1.165, 1.54) is 218 Å². The molecule has 2 atom stereocenters. The topological polar surface area (TPSA) is 134 Å². The molecule has 3 N–H and O–H groups in total. The maximum absolute atomic E-state index is 12.8. The van der Waals surface area contributed by atoms with E-state index in [2.05, 4.69) is 123 Å². The van der Waals surface area contributed by atoms with E-state index in [-0.39, 0.29) is 38.6 Å². The molecule has 514 valence electrons. The van der Waals surface area contributed by atoms with Crippen LogP contribution in [0.5, 0.6) is 0 Å². The first-order chi connectivity index (χ1) is 43.8. The van der Waals surface area contributed by atoms with Crippen LogP contribution in [0.25, 0.3) is 0 Å². The van der Waals surface area contributed by atoms with Crippen LogP contribution >= 0.6 is 7.82 Å². The molecule has 0 heterocycles. The number of unbranched alkanes of at least 4 members (excludes halogenated alkanes) is 39. The molecule has 0 spiro atoms. The average Bonchev–Trinajstić information content (AvgIpc) is 3.66. The molecule has 0 aromatic carbocycles. The second-order valence-electron chi connectivity index (χ2n) is 24.8. The van der Waals surface area contributed by atoms with E-state index >= 15 is 0 Å². The molecule has 2 unspecified atom stereocenters. The Morgan fingerprint density at radius 2 is 0.618 bits per heavy atom. The largest absolute Gasteiger partial charge is 0.472 e. The van der Waals surface area contributed by atoms with E-state index in [9.17, 15) is 19.0 Å². The molecule has 9 nitrogen and oxygen atoms in total. The molecule has 0 bridgehead atoms. The van der Waals surface area contributed by atoms with E-state index in [0.29, 0.717) is 6.42 Å². The number of rotatable bonds is 70. The second-order valence-corrected chi connectivity index (χ2v) is 26.2. The summed E-state index contributed by atoms with van der Waals surface area (Å²) in [7, 11) is -4.40. The summed E-state index contributed by atoms with van der Waals surface area (Å²) in [5.74, 6) is -0.823. The van der Waals surface area contributed by atoms with Crippen molar-refractivity contribution in [1.29, 1.82) is 0 Å². The number of hydrogen-bond acceptors (Lipinski definition) is 8. The maximum Gasteiger partial charge on any atom is 0.472 e. The van der Waals surface area contributed by atoms with Crippen LogP contribution < -0.4 is 5.73 Å². The van der Waals surface area contributed by atoms with Gasteiger partial charge in [-0.25, -0.2) is 4.57 Å². The number of allylic oxidation sites excluding steroid dienone is 18. The predicted molar refractivity (Wildman–Crippen MR) is 385 cm³/mol. The lowest BCUT2D eigenvalue weighted by Gasteiger charge is -2.19. The fraction of sp³-hybridized carbons (Fsp3) is 0.747. The second kappa shape index (κ2) is 73.7. The van der Waals surface area contributed by atoms with E-state index in [1.54, 1.807) is 0 Å². The summed E-state index contributed by atoms with van der Waals surface area (Å²) in [5.41, 5.74) is 5.41. The summed E-state index contributed by atoms with van der Waals surface area (Å²) < 4.78 is 33.2. The van der Waals surface area contributed by atoms with Gasteiger partial charge in [-0.1, -0.05) is 342 Å². The summed E-state index contributed by atoms with van der Waals surface area (Å²) >= 11 is 0. The number of nitrogens with two attached hydrogens (primary N) is 1. The third-order valence-corrected chi connectivity index (χ3v) is 17.1. The molecule has 0 aromatic rings. The summed E-state index contributed by atoms with van der Waals surface area (Å²) in [6, 6.07) is 0. The van der Waals surface area contributed by atoms with Crippen molar-refractivity contribution in [3.8, 4) is 0 Å². The van der Waals surface area contributed by atoms with Crippen LogP contribution in [0.15, 0.2) is 109 Å². The van der Waals surface area contributed by atoms with Crippen molar-refractivity contribution in [3.05, 3.63) is 109 Å². The van der Waals surface area contributed by atoms with Crippen molar-refractivity contribution in [2.24, 2.45) is 5.73 Å². The summed E-state index contributed by atoms with van der Waals surface area (Å²) in [4.78, 5) is 35.4. The fourth-order valence-electron chi connectivity index (χ4n) is 10.7. The molecule has 0 fully saturated rings. The molecule has 0 radical (unpaired) electrons. The van der Waals surface area contributed by atoms with Crippen LogP contribution in [-0.2, 0) is 32.7 Å². The molecule has 89 heavy (non-hydrogen) atoms. The minimum atomic E-state index is -4.40. The van der Waals surface area contributed by atoms with Gasteiger partial charge in [-0.2, -0.15) is 0 Å². The summed E-state index contributed by atoms with van der Waals surface area (Å²) in [6.07, 6.45) is 102. The number of ether oxygens (including phenoxy) is 2. The number of hydrogen-bond donors (Lipinski definition) is 2. The highest BCUT2D eigenvalue weighted by Crippen LogP contribution is 2.43. The van der Waals surface area contributed by atoms with Gasteiger partial charge in [-0.3, -0.25) is 18.6 Å². The molecule has 0 aliphatic carbocycles. The fourth-order valence-corrected chi connectivity index (χ4v) is 11.4. The highest BCUT2D eigenvalue weighted by Gasteiger charge is 2.26. The van der Waals surface area contributed by atoms with Gasteiger partial charge in [-0.15, -0.1) is 0 Å². The molecule has 0 aliphatic rings. The quantitative estimate of drug-likeness (QED) is 0.0264. The summed E-state index contributed by atoms with van der Waals surface area (Å²) in [5, 5.41) is 0. The molecule has 0 saturated carbocycles. The predicted octanol–water partition coefficient (Wildman–Crippen LogP) is 24.9. The molecule has 0 saturated heterocycles. The van der Waals surface area contributed by atoms with Crippen molar-refractivity contribution in [2.75, 3.05) is 26.4 Å². The van der Waals surface area contributed by atoms with Gasteiger partial charge in [0, 0.05) is 19.4 Å². The Labute approximate surface area is 549 Å². The zero-order chi connectivity index (χ0) is 64.4. The zero-order valence-corrected chi connectivity index (χ0v) is 58.8. The Kier molecular flexibility index (Phi) is 71.0. The monoisotopic (exact) mass is 1260 g/mol. The van der Waals surface area contributed by atoms with Crippen molar-refractivity contribution in [2.45, 2.75) is 354 Å². The highest BCUT2D eigenvalue weighted by atomic mass is 31.2. The van der Waals surface area contributed by atoms with Crippen molar-refractivity contribution in [1.82, 2.24) is 0 Å². The molecular weight excluding hydrogens is 1120 g/mol. The Morgan fingerprint density at radius 3 is 0.933 bits per heavy atom. The van der Waals surface area contributed by atoms with Gasteiger partial charge in [0.2, 0.25) is 0 Å². The first kappa shape index (κ1) is 85.7. The number of esters is 2. The lowest BCUT2D eigenvalue weighted by molar-refractivity contribution is -0.161. The Hall–Kier alpha value is -3.33. The van der Waals surface area contributed by atoms with E-state index in [1.807, 2.05) is 0 Å². The number of carbonyl (C=O) groups excluding carboxylic acids is 2. The molecular formula is C79H140NO8P. The average molecular weight is 1260 g/mol. The Bertz CT molecular complexity index is 1830. The molecule has 0 aromatic heterocycles. The molecule has 0 amide bonds. The minimum Gasteiger partial charge on any atom is -0.462 e. The lowest BCUT2D eigenvalue weighted by atomic mass is 10.0. The van der Waals surface area contributed by atoms with E-state index in [0.717, 1.165) is 96.3 Å². The zero-order valence-electron chi connectivity index (χ0n) is 57.9. The van der Waals surface area contributed by atoms with Crippen LogP contribution in [-0.4, -0.2) is 49.3 Å². The van der Waals surface area contributed by atoms with Gasteiger partial charge in [0.05, 0.1) is 13.2 Å². The SMILES string of the molecule is CC/C=C\C/C=C\C/C=C\C/C=C\C/C=C\C/C=C\C/C=C\C/C=C\CCCCCCCCCCCCC(=O)OC(COC(=O)CCCCCCCCCCCCCCCCCCCCCCC/C=C\CCCCCCCCCC)COP(=O)(O)OCCN. The van der Waals surface area contributed by atoms with Crippen LogP contribution in [0.4, 0.5) is 0 Å². The first-order valence-corrected chi connectivity index (χ1v) is 38.9. The van der Waals surface area contributed by atoms with E-state index < -0.39 is 26.5 Å². The van der Waals surface area contributed by atoms with Crippen molar-refractivity contribution >= 4 is 19.8 Å². The van der Waals surface area contributed by atoms with Gasteiger partial charge < -0.3 is 20.1 Å². The van der Waals surface area contributed by atoms with Gasteiger partial charge >= 0.3 is 19.8 Å². The summed E-state index contributed by atoms with van der Waals surface area (Å²) in [6.45, 7) is 3.66. The van der Waals surface area contributed by atoms with Crippen molar-refractivity contribution < 1.29 is 37.6 Å². The normalized spacial score (nSPS) is 13.5. The van der Waals surface area contributed by atoms with Gasteiger partial charge in [0.25, 0.3) is 0 Å². The number of phosphoric acid groups is 1. The molecule has 10 heteroatoms.